The number of carbonyl (C=O) groups is 1. The number of benzene rings is 1. The zero-order chi connectivity index (χ0) is 21.5. The lowest BCUT2D eigenvalue weighted by atomic mass is 9.91. The van der Waals surface area contributed by atoms with Crippen LogP contribution >= 0.6 is 11.3 Å². The van der Waals surface area contributed by atoms with Gasteiger partial charge in [0.05, 0.1) is 12.2 Å². The highest BCUT2D eigenvalue weighted by molar-refractivity contribution is 7.12. The van der Waals surface area contributed by atoms with Gasteiger partial charge in [-0.1, -0.05) is 5.16 Å². The zero-order valence-electron chi connectivity index (χ0n) is 18.1. The summed E-state index contributed by atoms with van der Waals surface area (Å²) in [5.74, 6) is 0.256. The molecule has 5 nitrogen and oxygen atoms in total. The van der Waals surface area contributed by atoms with Gasteiger partial charge in [-0.05, 0) is 75.0 Å². The van der Waals surface area contributed by atoms with Crippen LogP contribution in [0.2, 0.25) is 0 Å². The molecule has 7 heteroatoms. The number of fused-ring (bicyclic) bond motifs is 2. The Kier molecular flexibility index (Phi) is 5.56. The summed E-state index contributed by atoms with van der Waals surface area (Å²) < 4.78 is 19.1. The van der Waals surface area contributed by atoms with Gasteiger partial charge in [0.2, 0.25) is 5.91 Å². The second-order valence-corrected chi connectivity index (χ2v) is 10.1. The van der Waals surface area contributed by atoms with Crippen molar-refractivity contribution in [1.82, 2.24) is 15.0 Å². The normalized spacial score (nSPS) is 18.0. The molecule has 1 saturated heterocycles. The largest absolute Gasteiger partial charge is 0.356 e. The summed E-state index contributed by atoms with van der Waals surface area (Å²) in [5, 5.41) is 5.08. The zero-order valence-corrected chi connectivity index (χ0v) is 18.9. The number of amides is 1. The van der Waals surface area contributed by atoms with Gasteiger partial charge in [0.1, 0.15) is 5.82 Å². The molecule has 4 heterocycles. The van der Waals surface area contributed by atoms with Crippen molar-refractivity contribution in [2.75, 3.05) is 26.2 Å². The maximum Gasteiger partial charge on any atom is 0.219 e. The van der Waals surface area contributed by atoms with Crippen LogP contribution in [0.5, 0.6) is 0 Å². The van der Waals surface area contributed by atoms with Crippen molar-refractivity contribution in [1.29, 1.82) is 0 Å². The van der Waals surface area contributed by atoms with Crippen molar-refractivity contribution >= 4 is 28.2 Å². The number of aryl methyl sites for hydroxylation is 1. The summed E-state index contributed by atoms with van der Waals surface area (Å²) in [5.41, 5.74) is 4.57. The van der Waals surface area contributed by atoms with E-state index in [1.807, 2.05) is 16.2 Å². The Hall–Kier alpha value is -2.25. The van der Waals surface area contributed by atoms with Gasteiger partial charge in [-0.25, -0.2) is 4.39 Å². The van der Waals surface area contributed by atoms with Gasteiger partial charge < -0.3 is 14.3 Å². The van der Waals surface area contributed by atoms with E-state index in [4.69, 9.17) is 4.52 Å². The highest BCUT2D eigenvalue weighted by Crippen LogP contribution is 2.35. The van der Waals surface area contributed by atoms with Gasteiger partial charge in [0, 0.05) is 41.1 Å². The molecule has 0 spiro atoms. The topological polar surface area (TPSA) is 49.6 Å². The van der Waals surface area contributed by atoms with E-state index in [0.717, 1.165) is 69.5 Å². The number of nitrogens with zero attached hydrogens (tertiary/aromatic N) is 3. The number of rotatable bonds is 4. The van der Waals surface area contributed by atoms with Gasteiger partial charge in [0.15, 0.2) is 5.58 Å². The smallest absolute Gasteiger partial charge is 0.219 e. The summed E-state index contributed by atoms with van der Waals surface area (Å²) in [6.07, 6.45) is 4.09. The number of hydrogen-bond donors (Lipinski definition) is 0. The van der Waals surface area contributed by atoms with E-state index in [0.29, 0.717) is 11.5 Å². The number of halogens is 1. The minimum atomic E-state index is -0.240. The summed E-state index contributed by atoms with van der Waals surface area (Å²) in [7, 11) is 0. The van der Waals surface area contributed by atoms with Crippen molar-refractivity contribution in [2.24, 2.45) is 0 Å². The third kappa shape index (κ3) is 4.01. The molecule has 0 unspecified atom stereocenters. The summed E-state index contributed by atoms with van der Waals surface area (Å²) in [4.78, 5) is 19.0. The maximum atomic E-state index is 13.7. The van der Waals surface area contributed by atoms with Crippen molar-refractivity contribution in [2.45, 2.75) is 52.0 Å². The second kappa shape index (κ2) is 8.36. The predicted molar refractivity (Wildman–Crippen MR) is 120 cm³/mol. The van der Waals surface area contributed by atoms with E-state index >= 15 is 0 Å². The first-order chi connectivity index (χ1) is 15.0. The SMILES string of the molecule is CC(=O)N1CCc2c(sc(C)c2CCN2CCC(c3noc4ccc(F)cc34)CC2)C1. The van der Waals surface area contributed by atoms with Crippen LogP contribution in [0.3, 0.4) is 0 Å². The molecule has 2 aliphatic rings. The third-order valence-corrected chi connectivity index (χ3v) is 8.10. The van der Waals surface area contributed by atoms with Crippen molar-refractivity contribution < 1.29 is 13.7 Å². The average Bonchev–Trinajstić information content (AvgIpc) is 3.31. The molecular formula is C24H28FN3O2S. The van der Waals surface area contributed by atoms with E-state index in [9.17, 15) is 9.18 Å². The van der Waals surface area contributed by atoms with E-state index in [2.05, 4.69) is 17.0 Å². The molecule has 0 radical (unpaired) electrons. The first-order valence-corrected chi connectivity index (χ1v) is 11.9. The van der Waals surface area contributed by atoms with Crippen LogP contribution < -0.4 is 0 Å². The molecule has 0 N–H and O–H groups in total. The van der Waals surface area contributed by atoms with Crippen LogP contribution in [0, 0.1) is 12.7 Å². The molecule has 1 fully saturated rings. The Morgan fingerprint density at radius 3 is 2.87 bits per heavy atom. The van der Waals surface area contributed by atoms with Crippen LogP contribution in [0.4, 0.5) is 4.39 Å². The summed E-state index contributed by atoms with van der Waals surface area (Å²) in [6.45, 7) is 8.60. The summed E-state index contributed by atoms with van der Waals surface area (Å²) >= 11 is 1.86. The molecule has 0 atom stereocenters. The number of thiophene rings is 1. The average molecular weight is 442 g/mol. The third-order valence-electron chi connectivity index (χ3n) is 6.93. The van der Waals surface area contributed by atoms with E-state index in [-0.39, 0.29) is 11.7 Å². The van der Waals surface area contributed by atoms with E-state index in [1.165, 1.54) is 26.9 Å². The molecule has 2 aliphatic heterocycles. The first-order valence-electron chi connectivity index (χ1n) is 11.1. The molecule has 0 aliphatic carbocycles. The number of likely N-dealkylation sites (tertiary alicyclic amines) is 1. The van der Waals surface area contributed by atoms with Crippen molar-refractivity contribution in [3.05, 3.63) is 50.6 Å². The van der Waals surface area contributed by atoms with Gasteiger partial charge >= 0.3 is 0 Å². The maximum absolute atomic E-state index is 13.7. The quantitative estimate of drug-likeness (QED) is 0.591. The standard InChI is InChI=1S/C24H28FN3O2S/c1-15-19(20-8-12-28(16(2)29)14-23(20)31-15)7-11-27-9-5-17(6-10-27)24-21-13-18(25)3-4-22(21)30-26-24/h3-4,13,17H,5-12,14H2,1-2H3. The molecule has 3 aromatic rings. The van der Waals surface area contributed by atoms with Gasteiger partial charge in [-0.15, -0.1) is 11.3 Å². The number of hydrogen-bond acceptors (Lipinski definition) is 5. The van der Waals surface area contributed by atoms with Gasteiger partial charge in [0.25, 0.3) is 0 Å². The number of carbonyl (C=O) groups excluding carboxylic acids is 1. The Labute approximate surface area is 185 Å². The molecule has 1 aromatic carbocycles. The Balaban J connectivity index is 1.20. The van der Waals surface area contributed by atoms with Crippen LogP contribution in [0.15, 0.2) is 22.7 Å². The van der Waals surface area contributed by atoms with Gasteiger partial charge in [-0.3, -0.25) is 4.79 Å². The minimum absolute atomic E-state index is 0.170. The fraction of sp³-hybridized carbons (Fsp3) is 0.500. The Bertz CT molecular complexity index is 1110. The van der Waals surface area contributed by atoms with Crippen LogP contribution in [0.1, 0.15) is 52.3 Å². The van der Waals surface area contributed by atoms with Crippen molar-refractivity contribution in [3.8, 4) is 0 Å². The number of piperidine rings is 1. The molecular weight excluding hydrogens is 413 g/mol. The fourth-order valence-electron chi connectivity index (χ4n) is 5.13. The minimum Gasteiger partial charge on any atom is -0.356 e. The predicted octanol–water partition coefficient (Wildman–Crippen LogP) is 4.66. The second-order valence-electron chi connectivity index (χ2n) is 8.80. The number of aromatic nitrogens is 1. The van der Waals surface area contributed by atoms with Crippen molar-refractivity contribution in [3.63, 3.8) is 0 Å². The lowest BCUT2D eigenvalue weighted by molar-refractivity contribution is -0.129. The molecule has 5 rings (SSSR count). The van der Waals surface area contributed by atoms with E-state index in [1.54, 1.807) is 19.1 Å². The van der Waals surface area contributed by atoms with Gasteiger partial charge in [-0.2, -0.15) is 0 Å². The van der Waals surface area contributed by atoms with Crippen LogP contribution in [-0.2, 0) is 24.2 Å². The van der Waals surface area contributed by atoms with Crippen LogP contribution in [-0.4, -0.2) is 47.0 Å². The molecule has 0 bridgehead atoms. The van der Waals surface area contributed by atoms with Crippen LogP contribution in [0.25, 0.3) is 11.0 Å². The molecule has 164 valence electrons. The lowest BCUT2D eigenvalue weighted by Gasteiger charge is -2.31. The molecule has 0 saturated carbocycles. The molecule has 31 heavy (non-hydrogen) atoms. The summed E-state index contributed by atoms with van der Waals surface area (Å²) in [6, 6.07) is 4.63. The lowest BCUT2D eigenvalue weighted by Crippen LogP contribution is -2.35. The Morgan fingerprint density at radius 1 is 1.29 bits per heavy atom. The highest BCUT2D eigenvalue weighted by Gasteiger charge is 2.27. The monoisotopic (exact) mass is 441 g/mol. The molecule has 2 aromatic heterocycles. The fourth-order valence-corrected chi connectivity index (χ4v) is 6.41. The first kappa shape index (κ1) is 20.6. The van der Waals surface area contributed by atoms with E-state index < -0.39 is 0 Å². The Morgan fingerprint density at radius 2 is 2.10 bits per heavy atom. The highest BCUT2D eigenvalue weighted by atomic mass is 32.1. The molecule has 1 amide bonds.